The molecule has 0 aromatic rings. The Hall–Kier alpha value is -0.570. The van der Waals surface area contributed by atoms with E-state index in [4.69, 9.17) is 4.74 Å². The maximum absolute atomic E-state index is 11.7. The molecule has 0 saturated heterocycles. The van der Waals surface area contributed by atoms with Crippen LogP contribution in [0.1, 0.15) is 53.4 Å². The zero-order valence-corrected chi connectivity index (χ0v) is 11.4. The first-order chi connectivity index (χ1) is 7.47. The van der Waals surface area contributed by atoms with Crippen LogP contribution in [0.4, 0.5) is 0 Å². The fraction of sp³-hybridized carbons (Fsp3) is 0.923. The van der Waals surface area contributed by atoms with Gasteiger partial charge >= 0.3 is 5.97 Å². The predicted molar refractivity (Wildman–Crippen MR) is 67.4 cm³/mol. The minimum absolute atomic E-state index is 0.162. The number of likely N-dealkylation sites (N-methyl/N-ethyl adjacent to an activating group) is 1. The second-order valence-electron chi connectivity index (χ2n) is 4.89. The van der Waals surface area contributed by atoms with Crippen molar-refractivity contribution in [2.45, 2.75) is 58.9 Å². The number of rotatable bonds is 8. The van der Waals surface area contributed by atoms with Crippen molar-refractivity contribution in [3.05, 3.63) is 0 Å². The highest BCUT2D eigenvalue weighted by Gasteiger charge is 2.27. The summed E-state index contributed by atoms with van der Waals surface area (Å²) in [7, 11) is 1.77. The van der Waals surface area contributed by atoms with E-state index in [1.807, 2.05) is 13.8 Å². The van der Waals surface area contributed by atoms with Crippen molar-refractivity contribution in [3.63, 3.8) is 0 Å². The first-order valence-electron chi connectivity index (χ1n) is 6.34. The molecule has 0 aromatic heterocycles. The molecule has 0 rings (SSSR count). The number of ether oxygens (including phenoxy) is 1. The van der Waals surface area contributed by atoms with Crippen LogP contribution in [0.5, 0.6) is 0 Å². The van der Waals surface area contributed by atoms with Gasteiger partial charge in [0.15, 0.2) is 0 Å². The van der Waals surface area contributed by atoms with Crippen LogP contribution >= 0.6 is 0 Å². The Balaban J connectivity index is 3.97. The topological polar surface area (TPSA) is 38.3 Å². The van der Waals surface area contributed by atoms with E-state index < -0.39 is 5.54 Å². The minimum Gasteiger partial charge on any atom is -0.464 e. The van der Waals surface area contributed by atoms with Gasteiger partial charge in [0.05, 0.1) is 6.61 Å². The number of carbonyl (C=O) groups excluding carboxylic acids is 1. The third kappa shape index (κ3) is 5.50. The number of hydrogen-bond acceptors (Lipinski definition) is 3. The molecule has 0 bridgehead atoms. The first-order valence-corrected chi connectivity index (χ1v) is 6.34. The third-order valence-corrected chi connectivity index (χ3v) is 3.13. The Labute approximate surface area is 99.9 Å². The second-order valence-corrected chi connectivity index (χ2v) is 4.89. The van der Waals surface area contributed by atoms with Crippen molar-refractivity contribution in [1.82, 2.24) is 5.32 Å². The molecular weight excluding hydrogens is 202 g/mol. The lowest BCUT2D eigenvalue weighted by Gasteiger charge is -2.23. The molecule has 1 atom stereocenters. The monoisotopic (exact) mass is 229 g/mol. The zero-order chi connectivity index (χ0) is 12.6. The van der Waals surface area contributed by atoms with Crippen LogP contribution < -0.4 is 5.32 Å². The van der Waals surface area contributed by atoms with Crippen LogP contribution in [-0.4, -0.2) is 25.2 Å². The summed E-state index contributed by atoms with van der Waals surface area (Å²) in [6, 6.07) is 0. The van der Waals surface area contributed by atoms with Crippen LogP contribution in [0, 0.1) is 5.92 Å². The molecular formula is C13H27NO2. The summed E-state index contributed by atoms with van der Waals surface area (Å²) < 4.78 is 5.35. The molecule has 0 aliphatic heterocycles. The number of carbonyl (C=O) groups is 1. The molecule has 0 amide bonds. The molecule has 0 aliphatic carbocycles. The molecule has 0 radical (unpaired) electrons. The third-order valence-electron chi connectivity index (χ3n) is 3.13. The summed E-state index contributed by atoms with van der Waals surface area (Å²) in [5.41, 5.74) is -0.580. The van der Waals surface area contributed by atoms with E-state index in [0.717, 1.165) is 12.8 Å². The zero-order valence-electron chi connectivity index (χ0n) is 11.4. The number of nitrogens with one attached hydrogen (secondary N) is 1. The van der Waals surface area contributed by atoms with Gasteiger partial charge in [-0.15, -0.1) is 0 Å². The molecule has 0 fully saturated rings. The fourth-order valence-electron chi connectivity index (χ4n) is 1.37. The van der Waals surface area contributed by atoms with Crippen LogP contribution in [0.3, 0.4) is 0 Å². The smallest absolute Gasteiger partial charge is 0.325 e. The Morgan fingerprint density at radius 3 is 2.44 bits per heavy atom. The average Bonchev–Trinajstić information content (AvgIpc) is 2.28. The standard InChI is InChI=1S/C13H27NO2/c1-6-8-9-11(7-2)10-16-12(15)13(3,4)14-5/h11,14H,6-10H2,1-5H3. The second kappa shape index (κ2) is 7.66. The quantitative estimate of drug-likeness (QED) is 0.650. The highest BCUT2D eigenvalue weighted by molar-refractivity contribution is 5.79. The molecule has 0 spiro atoms. The largest absolute Gasteiger partial charge is 0.464 e. The summed E-state index contributed by atoms with van der Waals surface area (Å²) in [5.74, 6) is 0.349. The predicted octanol–water partition coefficient (Wildman–Crippen LogP) is 2.74. The molecule has 0 heterocycles. The molecule has 0 saturated carbocycles. The van der Waals surface area contributed by atoms with Gasteiger partial charge < -0.3 is 10.1 Å². The molecule has 16 heavy (non-hydrogen) atoms. The van der Waals surface area contributed by atoms with Crippen molar-refractivity contribution >= 4 is 5.97 Å². The van der Waals surface area contributed by atoms with Crippen molar-refractivity contribution in [2.75, 3.05) is 13.7 Å². The van der Waals surface area contributed by atoms with Crippen LogP contribution in [-0.2, 0) is 9.53 Å². The van der Waals surface area contributed by atoms with E-state index in [2.05, 4.69) is 19.2 Å². The molecule has 96 valence electrons. The maximum atomic E-state index is 11.7. The van der Waals surface area contributed by atoms with Crippen LogP contribution in [0.2, 0.25) is 0 Å². The van der Waals surface area contributed by atoms with E-state index in [0.29, 0.717) is 12.5 Å². The Bertz CT molecular complexity index is 202. The van der Waals surface area contributed by atoms with E-state index >= 15 is 0 Å². The molecule has 0 aliphatic rings. The first kappa shape index (κ1) is 15.4. The molecule has 1 unspecified atom stereocenters. The van der Waals surface area contributed by atoms with Gasteiger partial charge in [-0.1, -0.05) is 33.1 Å². The molecule has 0 aromatic carbocycles. The Kier molecular flexibility index (Phi) is 7.39. The van der Waals surface area contributed by atoms with E-state index in [1.165, 1.54) is 12.8 Å². The molecule has 3 nitrogen and oxygen atoms in total. The van der Waals surface area contributed by atoms with Gasteiger partial charge in [-0.2, -0.15) is 0 Å². The van der Waals surface area contributed by atoms with Crippen molar-refractivity contribution in [3.8, 4) is 0 Å². The number of esters is 1. The van der Waals surface area contributed by atoms with Gasteiger partial charge in [-0.05, 0) is 33.2 Å². The minimum atomic E-state index is -0.580. The van der Waals surface area contributed by atoms with Crippen LogP contribution in [0.25, 0.3) is 0 Å². The summed E-state index contributed by atoms with van der Waals surface area (Å²) in [6.07, 6.45) is 4.64. The van der Waals surface area contributed by atoms with E-state index in [9.17, 15) is 4.79 Å². The highest BCUT2D eigenvalue weighted by atomic mass is 16.5. The summed E-state index contributed by atoms with van der Waals surface area (Å²) >= 11 is 0. The van der Waals surface area contributed by atoms with Gasteiger partial charge in [0.1, 0.15) is 5.54 Å². The Morgan fingerprint density at radius 1 is 1.38 bits per heavy atom. The van der Waals surface area contributed by atoms with E-state index in [-0.39, 0.29) is 5.97 Å². The average molecular weight is 229 g/mol. The van der Waals surface area contributed by atoms with E-state index in [1.54, 1.807) is 7.05 Å². The normalized spacial score (nSPS) is 13.6. The highest BCUT2D eigenvalue weighted by Crippen LogP contribution is 2.14. The SMILES string of the molecule is CCCCC(CC)COC(=O)C(C)(C)NC. The molecule has 1 N–H and O–H groups in total. The van der Waals surface area contributed by atoms with Crippen molar-refractivity contribution < 1.29 is 9.53 Å². The number of hydrogen-bond donors (Lipinski definition) is 1. The van der Waals surface area contributed by atoms with Crippen LogP contribution in [0.15, 0.2) is 0 Å². The molecule has 3 heteroatoms. The maximum Gasteiger partial charge on any atom is 0.325 e. The Morgan fingerprint density at radius 2 is 2.00 bits per heavy atom. The van der Waals surface area contributed by atoms with Gasteiger partial charge in [-0.25, -0.2) is 0 Å². The van der Waals surface area contributed by atoms with Gasteiger partial charge in [0.2, 0.25) is 0 Å². The summed E-state index contributed by atoms with van der Waals surface area (Å²) in [5, 5.41) is 2.95. The van der Waals surface area contributed by atoms with Gasteiger partial charge in [0.25, 0.3) is 0 Å². The lowest BCUT2D eigenvalue weighted by molar-refractivity contribution is -0.151. The lowest BCUT2D eigenvalue weighted by atomic mass is 10.0. The van der Waals surface area contributed by atoms with Gasteiger partial charge in [0, 0.05) is 0 Å². The summed E-state index contributed by atoms with van der Waals surface area (Å²) in [6.45, 7) is 8.56. The fourth-order valence-corrected chi connectivity index (χ4v) is 1.37. The lowest BCUT2D eigenvalue weighted by Crippen LogP contribution is -2.46. The number of unbranched alkanes of at least 4 members (excludes halogenated alkanes) is 1. The van der Waals surface area contributed by atoms with Gasteiger partial charge in [-0.3, -0.25) is 4.79 Å². The van der Waals surface area contributed by atoms with Crippen molar-refractivity contribution in [2.24, 2.45) is 5.92 Å². The van der Waals surface area contributed by atoms with Crippen molar-refractivity contribution in [1.29, 1.82) is 0 Å². The summed E-state index contributed by atoms with van der Waals surface area (Å²) in [4.78, 5) is 11.7.